The summed E-state index contributed by atoms with van der Waals surface area (Å²) in [6, 6.07) is 5.68. The summed E-state index contributed by atoms with van der Waals surface area (Å²) in [5.74, 6) is 0.197. The summed E-state index contributed by atoms with van der Waals surface area (Å²) in [5.41, 5.74) is 1.69. The van der Waals surface area contributed by atoms with E-state index in [4.69, 9.17) is 5.11 Å². The Morgan fingerprint density at radius 3 is 2.67 bits per heavy atom. The minimum Gasteiger partial charge on any atom is -0.396 e. The molecule has 0 heterocycles. The van der Waals surface area contributed by atoms with Crippen molar-refractivity contribution >= 4 is 21.8 Å². The molecule has 0 bridgehead atoms. The van der Waals surface area contributed by atoms with Crippen molar-refractivity contribution in [1.82, 2.24) is 5.32 Å². The SMILES string of the molecule is Cc1ccc(Br)c(C(=O)NC(CCO)C(C)C)c1. The fourth-order valence-electron chi connectivity index (χ4n) is 1.77. The van der Waals surface area contributed by atoms with E-state index in [2.05, 4.69) is 21.2 Å². The highest BCUT2D eigenvalue weighted by molar-refractivity contribution is 9.10. The molecule has 0 aliphatic heterocycles. The zero-order valence-electron chi connectivity index (χ0n) is 11.0. The number of rotatable bonds is 5. The van der Waals surface area contributed by atoms with Gasteiger partial charge in [0.05, 0.1) is 5.56 Å². The summed E-state index contributed by atoms with van der Waals surface area (Å²) in [6.07, 6.45) is 0.576. The highest BCUT2D eigenvalue weighted by Crippen LogP contribution is 2.18. The Labute approximate surface area is 117 Å². The average Bonchev–Trinajstić information content (AvgIpc) is 2.31. The van der Waals surface area contributed by atoms with Crippen LogP contribution in [-0.4, -0.2) is 23.7 Å². The molecule has 0 aromatic heterocycles. The number of carbonyl (C=O) groups excluding carboxylic acids is 1. The number of halogens is 1. The summed E-state index contributed by atoms with van der Waals surface area (Å²) in [5, 5.41) is 12.0. The van der Waals surface area contributed by atoms with Crippen LogP contribution in [0.4, 0.5) is 0 Å². The summed E-state index contributed by atoms with van der Waals surface area (Å²) in [6.45, 7) is 6.10. The van der Waals surface area contributed by atoms with Gasteiger partial charge in [0.2, 0.25) is 0 Å². The zero-order valence-corrected chi connectivity index (χ0v) is 12.6. The van der Waals surface area contributed by atoms with Gasteiger partial charge in [0, 0.05) is 17.1 Å². The number of hydrogen-bond donors (Lipinski definition) is 2. The number of aliphatic hydroxyl groups excluding tert-OH is 1. The lowest BCUT2D eigenvalue weighted by molar-refractivity contribution is 0.0915. The minimum absolute atomic E-state index is 0.00471. The lowest BCUT2D eigenvalue weighted by atomic mass is 10.0. The van der Waals surface area contributed by atoms with Gasteiger partial charge in [-0.1, -0.05) is 25.5 Å². The van der Waals surface area contributed by atoms with Crippen LogP contribution in [0.5, 0.6) is 0 Å². The third-order valence-corrected chi connectivity index (χ3v) is 3.62. The van der Waals surface area contributed by atoms with Gasteiger partial charge in [-0.3, -0.25) is 4.79 Å². The Balaban J connectivity index is 2.83. The predicted octanol–water partition coefficient (Wildman–Crippen LogP) is 2.89. The molecule has 0 saturated heterocycles. The van der Waals surface area contributed by atoms with Crippen LogP contribution < -0.4 is 5.32 Å². The number of aryl methyl sites for hydroxylation is 1. The maximum Gasteiger partial charge on any atom is 0.252 e. The number of benzene rings is 1. The lowest BCUT2D eigenvalue weighted by Crippen LogP contribution is -2.39. The van der Waals surface area contributed by atoms with Crippen molar-refractivity contribution < 1.29 is 9.90 Å². The Kier molecular flexibility index (Phi) is 5.82. The first-order valence-electron chi connectivity index (χ1n) is 6.13. The first kappa shape index (κ1) is 15.2. The van der Waals surface area contributed by atoms with E-state index < -0.39 is 0 Å². The fraction of sp³-hybridized carbons (Fsp3) is 0.500. The quantitative estimate of drug-likeness (QED) is 0.878. The zero-order chi connectivity index (χ0) is 13.7. The number of aliphatic hydroxyl groups is 1. The third kappa shape index (κ3) is 4.10. The van der Waals surface area contributed by atoms with Crippen molar-refractivity contribution in [2.45, 2.75) is 33.2 Å². The molecule has 0 radical (unpaired) electrons. The van der Waals surface area contributed by atoms with E-state index in [-0.39, 0.29) is 18.6 Å². The van der Waals surface area contributed by atoms with E-state index in [1.54, 1.807) is 0 Å². The molecule has 1 rings (SSSR count). The first-order chi connectivity index (χ1) is 8.45. The van der Waals surface area contributed by atoms with Crippen molar-refractivity contribution in [2.75, 3.05) is 6.61 Å². The van der Waals surface area contributed by atoms with Crippen LogP contribution >= 0.6 is 15.9 Å². The van der Waals surface area contributed by atoms with Crippen molar-refractivity contribution in [2.24, 2.45) is 5.92 Å². The minimum atomic E-state index is -0.0993. The standard InChI is InChI=1S/C14H20BrNO2/c1-9(2)13(6-7-17)16-14(18)11-8-10(3)4-5-12(11)15/h4-5,8-9,13,17H,6-7H2,1-3H3,(H,16,18). The van der Waals surface area contributed by atoms with Gasteiger partial charge in [-0.25, -0.2) is 0 Å². The van der Waals surface area contributed by atoms with E-state index in [9.17, 15) is 4.79 Å². The van der Waals surface area contributed by atoms with Gasteiger partial charge in [0.1, 0.15) is 0 Å². The normalized spacial score (nSPS) is 12.6. The first-order valence-corrected chi connectivity index (χ1v) is 6.93. The number of hydrogen-bond acceptors (Lipinski definition) is 2. The number of nitrogens with one attached hydrogen (secondary N) is 1. The van der Waals surface area contributed by atoms with Crippen LogP contribution in [0.2, 0.25) is 0 Å². The fourth-order valence-corrected chi connectivity index (χ4v) is 2.20. The van der Waals surface area contributed by atoms with E-state index in [1.165, 1.54) is 0 Å². The third-order valence-electron chi connectivity index (χ3n) is 2.93. The van der Waals surface area contributed by atoms with Gasteiger partial charge in [-0.2, -0.15) is 0 Å². The highest BCUT2D eigenvalue weighted by Gasteiger charge is 2.18. The van der Waals surface area contributed by atoms with Crippen molar-refractivity contribution in [3.05, 3.63) is 33.8 Å². The van der Waals surface area contributed by atoms with Crippen LogP contribution in [-0.2, 0) is 0 Å². The summed E-state index contributed by atoms with van der Waals surface area (Å²) in [4.78, 5) is 12.2. The molecule has 18 heavy (non-hydrogen) atoms. The largest absolute Gasteiger partial charge is 0.396 e. The van der Waals surface area contributed by atoms with E-state index in [0.29, 0.717) is 17.9 Å². The topological polar surface area (TPSA) is 49.3 Å². The molecule has 100 valence electrons. The molecule has 1 unspecified atom stereocenters. The number of carbonyl (C=O) groups is 1. The Hall–Kier alpha value is -0.870. The second kappa shape index (κ2) is 6.90. The Bertz CT molecular complexity index is 418. The molecule has 0 fully saturated rings. The summed E-state index contributed by atoms with van der Waals surface area (Å²) < 4.78 is 0.789. The Morgan fingerprint density at radius 1 is 1.44 bits per heavy atom. The molecule has 1 aromatic rings. The van der Waals surface area contributed by atoms with Crippen LogP contribution in [0.3, 0.4) is 0 Å². The van der Waals surface area contributed by atoms with Gasteiger partial charge >= 0.3 is 0 Å². The summed E-state index contributed by atoms with van der Waals surface area (Å²) in [7, 11) is 0. The van der Waals surface area contributed by atoms with Crippen LogP contribution in [0, 0.1) is 12.8 Å². The molecule has 0 saturated carbocycles. The molecule has 1 atom stereocenters. The Morgan fingerprint density at radius 2 is 2.11 bits per heavy atom. The predicted molar refractivity (Wildman–Crippen MR) is 76.7 cm³/mol. The monoisotopic (exact) mass is 313 g/mol. The number of amides is 1. The molecule has 0 spiro atoms. The molecule has 1 amide bonds. The van der Waals surface area contributed by atoms with Gasteiger partial charge in [0.15, 0.2) is 0 Å². The molecule has 0 aliphatic carbocycles. The maximum absolute atomic E-state index is 12.2. The van der Waals surface area contributed by atoms with Crippen LogP contribution in [0.1, 0.15) is 36.2 Å². The molecule has 4 heteroatoms. The van der Waals surface area contributed by atoms with Gasteiger partial charge in [0.25, 0.3) is 5.91 Å². The van der Waals surface area contributed by atoms with Gasteiger partial charge in [-0.05, 0) is 47.3 Å². The molecular weight excluding hydrogens is 294 g/mol. The van der Waals surface area contributed by atoms with Gasteiger partial charge in [-0.15, -0.1) is 0 Å². The molecule has 1 aromatic carbocycles. The second-order valence-electron chi connectivity index (χ2n) is 4.82. The van der Waals surface area contributed by atoms with Crippen molar-refractivity contribution in [1.29, 1.82) is 0 Å². The van der Waals surface area contributed by atoms with E-state index in [0.717, 1.165) is 10.0 Å². The second-order valence-corrected chi connectivity index (χ2v) is 5.67. The smallest absolute Gasteiger partial charge is 0.252 e. The van der Waals surface area contributed by atoms with Crippen molar-refractivity contribution in [3.8, 4) is 0 Å². The highest BCUT2D eigenvalue weighted by atomic mass is 79.9. The van der Waals surface area contributed by atoms with E-state index in [1.807, 2.05) is 39.0 Å². The van der Waals surface area contributed by atoms with Crippen LogP contribution in [0.25, 0.3) is 0 Å². The molecule has 2 N–H and O–H groups in total. The van der Waals surface area contributed by atoms with Gasteiger partial charge < -0.3 is 10.4 Å². The molecular formula is C14H20BrNO2. The lowest BCUT2D eigenvalue weighted by Gasteiger charge is -2.22. The van der Waals surface area contributed by atoms with Crippen LogP contribution in [0.15, 0.2) is 22.7 Å². The summed E-state index contributed by atoms with van der Waals surface area (Å²) >= 11 is 3.39. The maximum atomic E-state index is 12.2. The molecule has 3 nitrogen and oxygen atoms in total. The van der Waals surface area contributed by atoms with Crippen molar-refractivity contribution in [3.63, 3.8) is 0 Å². The molecule has 0 aliphatic rings. The van der Waals surface area contributed by atoms with E-state index >= 15 is 0 Å². The average molecular weight is 314 g/mol.